The van der Waals surface area contributed by atoms with Gasteiger partial charge in [0.05, 0.1) is 0 Å². The van der Waals surface area contributed by atoms with Gasteiger partial charge in [-0.25, -0.2) is 9.97 Å². The van der Waals surface area contributed by atoms with Gasteiger partial charge in [-0.3, -0.25) is 0 Å². The molecular formula is C13H14ClN3. The molecule has 0 unspecified atom stereocenters. The van der Waals surface area contributed by atoms with Gasteiger partial charge in [-0.15, -0.1) is 0 Å². The number of benzene rings is 1. The van der Waals surface area contributed by atoms with E-state index in [1.54, 1.807) is 0 Å². The normalized spacial score (nSPS) is 12.4. The van der Waals surface area contributed by atoms with Crippen LogP contribution in [-0.2, 0) is 6.54 Å². The quantitative estimate of drug-likeness (QED) is 0.903. The lowest BCUT2D eigenvalue weighted by molar-refractivity contribution is 0.573. The first-order chi connectivity index (χ1) is 8.25. The zero-order valence-corrected chi connectivity index (χ0v) is 10.4. The molecule has 1 aromatic carbocycles. The van der Waals surface area contributed by atoms with E-state index in [1.165, 1.54) is 11.9 Å². The molecule has 0 bridgehead atoms. The highest BCUT2D eigenvalue weighted by Gasteiger charge is 2.05. The Kier molecular flexibility index (Phi) is 4.07. The fourth-order valence-corrected chi connectivity index (χ4v) is 1.78. The zero-order chi connectivity index (χ0) is 12.1. The van der Waals surface area contributed by atoms with Crippen LogP contribution in [0.1, 0.15) is 24.1 Å². The third kappa shape index (κ3) is 3.51. The molecule has 0 aliphatic rings. The average Bonchev–Trinajstić information content (AvgIpc) is 2.37. The fourth-order valence-electron chi connectivity index (χ4n) is 1.59. The summed E-state index contributed by atoms with van der Waals surface area (Å²) >= 11 is 5.96. The third-order valence-corrected chi connectivity index (χ3v) is 2.81. The van der Waals surface area contributed by atoms with Crippen molar-refractivity contribution in [2.45, 2.75) is 19.5 Å². The predicted octanol–water partition coefficient (Wildman–Crippen LogP) is 2.98. The highest BCUT2D eigenvalue weighted by molar-refractivity contribution is 6.30. The van der Waals surface area contributed by atoms with E-state index in [1.807, 2.05) is 30.6 Å². The Balaban J connectivity index is 1.96. The van der Waals surface area contributed by atoms with Gasteiger partial charge in [0.25, 0.3) is 0 Å². The lowest BCUT2D eigenvalue weighted by atomic mass is 10.1. The molecule has 0 radical (unpaired) electrons. The first-order valence-corrected chi connectivity index (χ1v) is 5.86. The molecule has 1 atom stereocenters. The second-order valence-corrected chi connectivity index (χ2v) is 4.34. The minimum absolute atomic E-state index is 0.244. The van der Waals surface area contributed by atoms with Gasteiger partial charge < -0.3 is 5.32 Å². The summed E-state index contributed by atoms with van der Waals surface area (Å²) in [6.45, 7) is 2.85. The van der Waals surface area contributed by atoms with Gasteiger partial charge in [-0.1, -0.05) is 23.7 Å². The molecule has 1 aromatic heterocycles. The largest absolute Gasteiger partial charge is 0.306 e. The Morgan fingerprint density at radius 2 is 2.06 bits per heavy atom. The van der Waals surface area contributed by atoms with Crippen LogP contribution in [0.5, 0.6) is 0 Å². The molecule has 17 heavy (non-hydrogen) atoms. The van der Waals surface area contributed by atoms with Crippen molar-refractivity contribution in [1.82, 2.24) is 15.3 Å². The molecule has 88 valence electrons. The van der Waals surface area contributed by atoms with Crippen LogP contribution in [-0.4, -0.2) is 9.97 Å². The summed E-state index contributed by atoms with van der Waals surface area (Å²) in [6, 6.07) is 8.12. The number of aromatic nitrogens is 2. The van der Waals surface area contributed by atoms with Crippen molar-refractivity contribution in [2.75, 3.05) is 0 Å². The number of hydrogen-bond acceptors (Lipinski definition) is 3. The predicted molar refractivity (Wildman–Crippen MR) is 68.7 cm³/mol. The molecule has 0 aliphatic carbocycles. The minimum atomic E-state index is 0.244. The second-order valence-electron chi connectivity index (χ2n) is 3.90. The van der Waals surface area contributed by atoms with Gasteiger partial charge in [0.15, 0.2) is 0 Å². The minimum Gasteiger partial charge on any atom is -0.306 e. The Bertz CT molecular complexity index is 473. The van der Waals surface area contributed by atoms with E-state index < -0.39 is 0 Å². The highest BCUT2D eigenvalue weighted by Crippen LogP contribution is 2.17. The summed E-state index contributed by atoms with van der Waals surface area (Å²) in [5.74, 6) is 0. The van der Waals surface area contributed by atoms with Crippen LogP contribution >= 0.6 is 11.6 Å². The molecule has 0 aliphatic heterocycles. The SMILES string of the molecule is C[C@@H](NCc1cncnc1)c1cccc(Cl)c1. The monoisotopic (exact) mass is 247 g/mol. The van der Waals surface area contributed by atoms with Gasteiger partial charge in [0.2, 0.25) is 0 Å². The summed E-state index contributed by atoms with van der Waals surface area (Å²) in [6.07, 6.45) is 5.15. The van der Waals surface area contributed by atoms with E-state index in [-0.39, 0.29) is 6.04 Å². The molecule has 0 saturated carbocycles. The van der Waals surface area contributed by atoms with Gasteiger partial charge >= 0.3 is 0 Å². The molecule has 4 heteroatoms. The van der Waals surface area contributed by atoms with E-state index in [9.17, 15) is 0 Å². The van der Waals surface area contributed by atoms with Crippen LogP contribution in [0.4, 0.5) is 0 Å². The lowest BCUT2D eigenvalue weighted by Gasteiger charge is -2.14. The summed E-state index contributed by atoms with van der Waals surface area (Å²) in [4.78, 5) is 7.95. The molecule has 1 heterocycles. The zero-order valence-electron chi connectivity index (χ0n) is 9.60. The highest BCUT2D eigenvalue weighted by atomic mass is 35.5. The van der Waals surface area contributed by atoms with Crippen molar-refractivity contribution < 1.29 is 0 Å². The van der Waals surface area contributed by atoms with Gasteiger partial charge in [0, 0.05) is 35.6 Å². The molecule has 3 nitrogen and oxygen atoms in total. The molecular weight excluding hydrogens is 234 g/mol. The molecule has 1 N–H and O–H groups in total. The van der Waals surface area contributed by atoms with Crippen LogP contribution in [0.25, 0.3) is 0 Å². The number of hydrogen-bond donors (Lipinski definition) is 1. The standard InChI is InChI=1S/C13H14ClN3/c1-10(12-3-2-4-13(14)5-12)17-8-11-6-15-9-16-7-11/h2-7,9-10,17H,8H2,1H3/t10-/m1/s1. The van der Waals surface area contributed by atoms with E-state index in [0.29, 0.717) is 0 Å². The molecule has 2 aromatic rings. The van der Waals surface area contributed by atoms with Crippen molar-refractivity contribution in [3.05, 3.63) is 59.1 Å². The van der Waals surface area contributed by atoms with Crippen LogP contribution in [0.15, 0.2) is 43.0 Å². The first-order valence-electron chi connectivity index (χ1n) is 5.48. The molecule has 0 saturated heterocycles. The van der Waals surface area contributed by atoms with Crippen LogP contribution < -0.4 is 5.32 Å². The van der Waals surface area contributed by atoms with Crippen molar-refractivity contribution in [1.29, 1.82) is 0 Å². The summed E-state index contributed by atoms with van der Waals surface area (Å²) < 4.78 is 0. The van der Waals surface area contributed by atoms with Gasteiger partial charge in [-0.2, -0.15) is 0 Å². The summed E-state index contributed by atoms with van der Waals surface area (Å²) in [7, 11) is 0. The molecule has 2 rings (SSSR count). The van der Waals surface area contributed by atoms with Gasteiger partial charge in [-0.05, 0) is 24.6 Å². The number of halogens is 1. The van der Waals surface area contributed by atoms with Crippen molar-refractivity contribution >= 4 is 11.6 Å². The second kappa shape index (κ2) is 5.75. The number of nitrogens with zero attached hydrogens (tertiary/aromatic N) is 2. The van der Waals surface area contributed by atoms with Crippen LogP contribution in [0.2, 0.25) is 5.02 Å². The van der Waals surface area contributed by atoms with Crippen LogP contribution in [0.3, 0.4) is 0 Å². The Hall–Kier alpha value is -1.45. The number of rotatable bonds is 4. The Labute approximate surface area is 106 Å². The summed E-state index contributed by atoms with van der Waals surface area (Å²) in [5.41, 5.74) is 2.25. The fraction of sp³-hybridized carbons (Fsp3) is 0.231. The van der Waals surface area contributed by atoms with Crippen molar-refractivity contribution in [3.63, 3.8) is 0 Å². The first kappa shape index (κ1) is 12.0. The maximum Gasteiger partial charge on any atom is 0.115 e. The Morgan fingerprint density at radius 3 is 2.76 bits per heavy atom. The van der Waals surface area contributed by atoms with E-state index >= 15 is 0 Å². The lowest BCUT2D eigenvalue weighted by Crippen LogP contribution is -2.18. The Morgan fingerprint density at radius 1 is 1.29 bits per heavy atom. The summed E-state index contributed by atoms with van der Waals surface area (Å²) in [5, 5.41) is 4.17. The van der Waals surface area contributed by atoms with E-state index in [4.69, 9.17) is 11.6 Å². The van der Waals surface area contributed by atoms with E-state index in [0.717, 1.165) is 17.1 Å². The van der Waals surface area contributed by atoms with Crippen LogP contribution in [0, 0.1) is 0 Å². The molecule has 0 fully saturated rings. The third-order valence-electron chi connectivity index (χ3n) is 2.58. The molecule has 0 amide bonds. The van der Waals surface area contributed by atoms with Crippen molar-refractivity contribution in [2.24, 2.45) is 0 Å². The van der Waals surface area contributed by atoms with Crippen molar-refractivity contribution in [3.8, 4) is 0 Å². The average molecular weight is 248 g/mol. The maximum absolute atomic E-state index is 5.96. The maximum atomic E-state index is 5.96. The van der Waals surface area contributed by atoms with Gasteiger partial charge in [0.1, 0.15) is 6.33 Å². The smallest absolute Gasteiger partial charge is 0.115 e. The molecule has 0 spiro atoms. The topological polar surface area (TPSA) is 37.8 Å². The number of nitrogens with one attached hydrogen (secondary N) is 1. The van der Waals surface area contributed by atoms with E-state index in [2.05, 4.69) is 28.3 Å².